The average molecular weight is 664 g/mol. The molecule has 2 aromatic heterocycles. The molecular formula is C30H17BrCl2N4O5. The van der Waals surface area contributed by atoms with Crippen molar-refractivity contribution in [2.24, 2.45) is 5.10 Å². The highest BCUT2D eigenvalue weighted by Crippen LogP contribution is 2.31. The molecule has 0 saturated carbocycles. The summed E-state index contributed by atoms with van der Waals surface area (Å²) >= 11 is 15.6. The fourth-order valence-corrected chi connectivity index (χ4v) is 5.15. The molecule has 0 N–H and O–H groups in total. The van der Waals surface area contributed by atoms with Gasteiger partial charge in [0.25, 0.3) is 5.56 Å². The maximum atomic E-state index is 13.5. The molecule has 0 atom stereocenters. The second kappa shape index (κ2) is 11.4. The summed E-state index contributed by atoms with van der Waals surface area (Å²) in [6.45, 7) is -0.000136. The van der Waals surface area contributed by atoms with Gasteiger partial charge in [0.15, 0.2) is 11.5 Å². The van der Waals surface area contributed by atoms with Crippen LogP contribution in [0.4, 0.5) is 5.69 Å². The smallest absolute Gasteiger partial charge is 0.311 e. The van der Waals surface area contributed by atoms with E-state index in [4.69, 9.17) is 32.4 Å². The van der Waals surface area contributed by atoms with Gasteiger partial charge in [-0.1, -0.05) is 57.3 Å². The van der Waals surface area contributed by atoms with Crippen LogP contribution in [0.3, 0.4) is 0 Å². The van der Waals surface area contributed by atoms with Crippen LogP contribution in [-0.4, -0.2) is 20.8 Å². The van der Waals surface area contributed by atoms with Gasteiger partial charge in [0.2, 0.25) is 5.82 Å². The number of nitro benzene ring substituents is 1. The van der Waals surface area contributed by atoms with Crippen molar-refractivity contribution in [3.63, 3.8) is 0 Å². The Morgan fingerprint density at radius 3 is 2.69 bits per heavy atom. The van der Waals surface area contributed by atoms with Crippen molar-refractivity contribution in [1.82, 2.24) is 9.66 Å². The third kappa shape index (κ3) is 5.52. The van der Waals surface area contributed by atoms with Gasteiger partial charge in [-0.05, 0) is 60.7 Å². The molecule has 208 valence electrons. The predicted molar refractivity (Wildman–Crippen MR) is 166 cm³/mol. The molecular weight excluding hydrogens is 647 g/mol. The van der Waals surface area contributed by atoms with Crippen molar-refractivity contribution in [1.29, 1.82) is 0 Å². The minimum Gasteiger partial charge on any atom is -0.482 e. The van der Waals surface area contributed by atoms with Crippen molar-refractivity contribution in [3.8, 4) is 17.3 Å². The Balaban J connectivity index is 1.38. The molecule has 0 radical (unpaired) electrons. The second-order valence-corrected chi connectivity index (χ2v) is 10.9. The molecule has 4 aromatic carbocycles. The van der Waals surface area contributed by atoms with Gasteiger partial charge in [0.1, 0.15) is 12.2 Å². The SMILES string of the molecule is O=c1c2ccccc2nc(-c2cc3cc(Br)ccc3o2)n1N=Cc1ccc(OCc2ccc(Cl)cc2Cl)c([N+](=O)[O-])c1. The van der Waals surface area contributed by atoms with Crippen LogP contribution in [0.25, 0.3) is 33.5 Å². The molecule has 42 heavy (non-hydrogen) atoms. The van der Waals surface area contributed by atoms with Gasteiger partial charge < -0.3 is 9.15 Å². The Hall–Kier alpha value is -4.51. The molecule has 0 aliphatic heterocycles. The lowest BCUT2D eigenvalue weighted by Gasteiger charge is -2.09. The lowest BCUT2D eigenvalue weighted by atomic mass is 10.2. The third-order valence-electron chi connectivity index (χ3n) is 6.35. The van der Waals surface area contributed by atoms with Gasteiger partial charge in [-0.15, -0.1) is 0 Å². The fourth-order valence-electron chi connectivity index (χ4n) is 4.31. The predicted octanol–water partition coefficient (Wildman–Crippen LogP) is 8.25. The number of hydrogen-bond donors (Lipinski definition) is 0. The largest absolute Gasteiger partial charge is 0.482 e. The van der Waals surface area contributed by atoms with Crippen molar-refractivity contribution < 1.29 is 14.1 Å². The monoisotopic (exact) mass is 662 g/mol. The summed E-state index contributed by atoms with van der Waals surface area (Å²) in [4.78, 5) is 29.5. The molecule has 0 unspecified atom stereocenters. The van der Waals surface area contributed by atoms with Gasteiger partial charge in [0.05, 0.1) is 22.0 Å². The van der Waals surface area contributed by atoms with E-state index >= 15 is 0 Å². The molecule has 0 aliphatic carbocycles. The maximum absolute atomic E-state index is 13.5. The molecule has 6 rings (SSSR count). The summed E-state index contributed by atoms with van der Waals surface area (Å²) in [5.74, 6) is 0.553. The number of nitro groups is 1. The molecule has 2 heterocycles. The average Bonchev–Trinajstić information content (AvgIpc) is 3.39. The van der Waals surface area contributed by atoms with E-state index in [1.807, 2.05) is 12.1 Å². The van der Waals surface area contributed by atoms with Gasteiger partial charge in [0, 0.05) is 37.1 Å². The molecule has 12 heteroatoms. The maximum Gasteiger partial charge on any atom is 0.311 e. The summed E-state index contributed by atoms with van der Waals surface area (Å²) < 4.78 is 13.7. The summed E-state index contributed by atoms with van der Waals surface area (Å²) in [5.41, 5.74) is 1.35. The number of hydrogen-bond acceptors (Lipinski definition) is 7. The van der Waals surface area contributed by atoms with Gasteiger partial charge >= 0.3 is 5.69 Å². The quantitative estimate of drug-likeness (QED) is 0.0966. The van der Waals surface area contributed by atoms with Crippen LogP contribution in [-0.2, 0) is 6.61 Å². The standard InChI is InChI=1S/C30H17BrCl2N4O5/c31-20-7-10-26-19(12-20)13-28(42-26)29-35-24-4-2-1-3-22(24)30(38)36(29)34-15-17-5-9-27(25(11-17)37(39)40)41-16-18-6-8-21(32)14-23(18)33/h1-15H,16H2. The molecule has 6 aromatic rings. The summed E-state index contributed by atoms with van der Waals surface area (Å²) in [6, 6.07) is 23.5. The Morgan fingerprint density at radius 2 is 1.88 bits per heavy atom. The van der Waals surface area contributed by atoms with Crippen LogP contribution in [0.2, 0.25) is 10.0 Å². The summed E-state index contributed by atoms with van der Waals surface area (Å²) in [7, 11) is 0. The fraction of sp³-hybridized carbons (Fsp3) is 0.0333. The third-order valence-corrected chi connectivity index (χ3v) is 7.43. The Bertz CT molecular complexity index is 2110. The molecule has 0 amide bonds. The molecule has 0 aliphatic rings. The van der Waals surface area contributed by atoms with Crippen LogP contribution in [0.1, 0.15) is 11.1 Å². The lowest BCUT2D eigenvalue weighted by molar-refractivity contribution is -0.385. The normalized spacial score (nSPS) is 11.5. The number of nitrogens with zero attached hydrogens (tertiary/aromatic N) is 4. The lowest BCUT2D eigenvalue weighted by Crippen LogP contribution is -2.20. The highest BCUT2D eigenvalue weighted by Gasteiger charge is 2.19. The van der Waals surface area contributed by atoms with Gasteiger partial charge in [-0.25, -0.2) is 4.98 Å². The van der Waals surface area contributed by atoms with Crippen LogP contribution in [0, 0.1) is 10.1 Å². The Morgan fingerprint density at radius 1 is 1.05 bits per heavy atom. The highest BCUT2D eigenvalue weighted by molar-refractivity contribution is 9.10. The van der Waals surface area contributed by atoms with E-state index in [0.717, 1.165) is 14.5 Å². The van der Waals surface area contributed by atoms with E-state index in [2.05, 4.69) is 26.0 Å². The zero-order chi connectivity index (χ0) is 29.4. The van der Waals surface area contributed by atoms with Crippen LogP contribution < -0.4 is 10.3 Å². The molecule has 9 nitrogen and oxygen atoms in total. The first kappa shape index (κ1) is 27.6. The zero-order valence-electron chi connectivity index (χ0n) is 21.3. The number of furan rings is 1. The number of aromatic nitrogens is 2. The van der Waals surface area contributed by atoms with Gasteiger partial charge in [-0.3, -0.25) is 14.9 Å². The topological polar surface area (TPSA) is 113 Å². The second-order valence-electron chi connectivity index (χ2n) is 9.12. The summed E-state index contributed by atoms with van der Waals surface area (Å²) in [6.07, 6.45) is 1.34. The summed E-state index contributed by atoms with van der Waals surface area (Å²) in [5, 5.41) is 18.3. The Labute approximate surface area is 255 Å². The van der Waals surface area contributed by atoms with E-state index in [1.54, 1.807) is 60.7 Å². The van der Waals surface area contributed by atoms with Gasteiger partial charge in [-0.2, -0.15) is 9.78 Å². The van der Waals surface area contributed by atoms with E-state index in [-0.39, 0.29) is 23.9 Å². The number of ether oxygens (including phenoxy) is 1. The number of fused-ring (bicyclic) bond motifs is 2. The first-order chi connectivity index (χ1) is 20.3. The molecule has 0 bridgehead atoms. The van der Waals surface area contributed by atoms with E-state index in [1.165, 1.54) is 18.3 Å². The molecule has 0 spiro atoms. The number of rotatable bonds is 7. The Kier molecular flexibility index (Phi) is 7.51. The van der Waals surface area contributed by atoms with E-state index < -0.39 is 10.5 Å². The van der Waals surface area contributed by atoms with Crippen LogP contribution in [0.5, 0.6) is 5.75 Å². The van der Waals surface area contributed by atoms with Crippen molar-refractivity contribution in [2.45, 2.75) is 6.61 Å². The van der Waals surface area contributed by atoms with Crippen LogP contribution in [0.15, 0.2) is 104 Å². The molecule has 0 fully saturated rings. The van der Waals surface area contributed by atoms with Crippen molar-refractivity contribution in [2.75, 3.05) is 0 Å². The van der Waals surface area contributed by atoms with Crippen molar-refractivity contribution >= 4 is 72.9 Å². The zero-order valence-corrected chi connectivity index (χ0v) is 24.4. The van der Waals surface area contributed by atoms with E-state index in [9.17, 15) is 14.9 Å². The van der Waals surface area contributed by atoms with Crippen molar-refractivity contribution in [3.05, 3.63) is 131 Å². The first-order valence-corrected chi connectivity index (χ1v) is 13.9. The highest BCUT2D eigenvalue weighted by atomic mass is 79.9. The number of para-hydroxylation sites is 1. The van der Waals surface area contributed by atoms with Crippen LogP contribution >= 0.6 is 39.1 Å². The number of halogens is 3. The first-order valence-electron chi connectivity index (χ1n) is 12.4. The minimum atomic E-state index is -0.558. The molecule has 0 saturated heterocycles. The van der Waals surface area contributed by atoms with E-state index in [0.29, 0.717) is 43.4 Å². The number of benzene rings is 4. The minimum absolute atomic E-state index is 0.000136.